The van der Waals surface area contributed by atoms with Crippen LogP contribution in [0.25, 0.3) is 0 Å². The van der Waals surface area contributed by atoms with Gasteiger partial charge in [-0.3, -0.25) is 4.79 Å². The van der Waals surface area contributed by atoms with Gasteiger partial charge in [0.2, 0.25) is 0 Å². The van der Waals surface area contributed by atoms with Crippen molar-refractivity contribution in [2.24, 2.45) is 11.7 Å². The Morgan fingerprint density at radius 3 is 2.68 bits per heavy atom. The maximum atomic E-state index is 12.2. The smallest absolute Gasteiger partial charge is 0.251 e. The molecule has 2 unspecified atom stereocenters. The summed E-state index contributed by atoms with van der Waals surface area (Å²) < 4.78 is 0. The average Bonchev–Trinajstić information content (AvgIpc) is 2.39. The van der Waals surface area contributed by atoms with Crippen LogP contribution in [0.2, 0.25) is 0 Å². The van der Waals surface area contributed by atoms with E-state index in [0.29, 0.717) is 12.5 Å². The molecule has 3 nitrogen and oxygen atoms in total. The summed E-state index contributed by atoms with van der Waals surface area (Å²) in [4.78, 5) is 12.2. The van der Waals surface area contributed by atoms with Crippen LogP contribution < -0.4 is 11.1 Å². The van der Waals surface area contributed by atoms with Crippen molar-refractivity contribution < 1.29 is 4.79 Å². The van der Waals surface area contributed by atoms with Crippen molar-refractivity contribution in [3.05, 3.63) is 35.4 Å². The van der Waals surface area contributed by atoms with E-state index in [1.54, 1.807) is 0 Å². The molecule has 0 aromatic heterocycles. The van der Waals surface area contributed by atoms with Gasteiger partial charge in [-0.2, -0.15) is 0 Å². The second-order valence-corrected chi connectivity index (χ2v) is 5.18. The van der Waals surface area contributed by atoms with Crippen LogP contribution in [0.4, 0.5) is 0 Å². The first-order valence-electron chi connectivity index (χ1n) is 6.79. The lowest BCUT2D eigenvalue weighted by Gasteiger charge is -2.31. The average molecular weight is 283 g/mol. The highest BCUT2D eigenvalue weighted by Crippen LogP contribution is 2.24. The lowest BCUT2D eigenvalue weighted by atomic mass is 9.84. The number of carbonyl (C=O) groups excluding carboxylic acids is 1. The maximum Gasteiger partial charge on any atom is 0.251 e. The largest absolute Gasteiger partial charge is 0.349 e. The first kappa shape index (κ1) is 16.0. The Hall–Kier alpha value is -1.06. The van der Waals surface area contributed by atoms with Crippen molar-refractivity contribution in [3.8, 4) is 0 Å². The number of rotatable bonds is 3. The van der Waals surface area contributed by atoms with Gasteiger partial charge >= 0.3 is 0 Å². The third kappa shape index (κ3) is 3.95. The van der Waals surface area contributed by atoms with Gasteiger partial charge in [0.25, 0.3) is 5.91 Å². The summed E-state index contributed by atoms with van der Waals surface area (Å²) in [5, 5.41) is 3.16. The monoisotopic (exact) mass is 282 g/mol. The van der Waals surface area contributed by atoms with Gasteiger partial charge in [0.1, 0.15) is 0 Å². The zero-order valence-electron chi connectivity index (χ0n) is 11.4. The van der Waals surface area contributed by atoms with E-state index >= 15 is 0 Å². The summed E-state index contributed by atoms with van der Waals surface area (Å²) >= 11 is 0. The topological polar surface area (TPSA) is 55.1 Å². The minimum Gasteiger partial charge on any atom is -0.349 e. The van der Waals surface area contributed by atoms with Gasteiger partial charge in [0.05, 0.1) is 0 Å². The first-order valence-corrected chi connectivity index (χ1v) is 6.79. The highest BCUT2D eigenvalue weighted by atomic mass is 35.5. The van der Waals surface area contributed by atoms with E-state index in [4.69, 9.17) is 5.73 Å². The van der Waals surface area contributed by atoms with Crippen molar-refractivity contribution in [3.63, 3.8) is 0 Å². The van der Waals surface area contributed by atoms with Crippen molar-refractivity contribution in [2.75, 3.05) is 6.54 Å². The Labute approximate surface area is 121 Å². The van der Waals surface area contributed by atoms with Gasteiger partial charge < -0.3 is 11.1 Å². The highest BCUT2D eigenvalue weighted by molar-refractivity contribution is 5.95. The zero-order chi connectivity index (χ0) is 13.0. The summed E-state index contributed by atoms with van der Waals surface area (Å²) in [7, 11) is 0. The van der Waals surface area contributed by atoms with E-state index in [2.05, 4.69) is 5.32 Å². The molecule has 0 aliphatic heterocycles. The molecule has 1 aromatic rings. The summed E-state index contributed by atoms with van der Waals surface area (Å²) in [5.41, 5.74) is 7.59. The third-order valence-corrected chi connectivity index (χ3v) is 3.92. The fraction of sp³-hybridized carbons (Fsp3) is 0.533. The molecule has 1 aromatic carbocycles. The summed E-state index contributed by atoms with van der Waals surface area (Å²) in [5.74, 6) is 0.477. The van der Waals surface area contributed by atoms with Gasteiger partial charge in [-0.05, 0) is 43.9 Å². The van der Waals surface area contributed by atoms with Crippen LogP contribution in [-0.4, -0.2) is 18.5 Å². The molecule has 1 aliphatic rings. The van der Waals surface area contributed by atoms with E-state index in [-0.39, 0.29) is 24.4 Å². The van der Waals surface area contributed by atoms with Crippen LogP contribution in [0.3, 0.4) is 0 Å². The molecule has 4 heteroatoms. The molecule has 19 heavy (non-hydrogen) atoms. The van der Waals surface area contributed by atoms with Gasteiger partial charge in [0, 0.05) is 11.6 Å². The minimum absolute atomic E-state index is 0. The van der Waals surface area contributed by atoms with Crippen LogP contribution >= 0.6 is 12.4 Å². The first-order chi connectivity index (χ1) is 8.72. The summed E-state index contributed by atoms with van der Waals surface area (Å²) in [6.07, 6.45) is 4.61. The molecule has 2 atom stereocenters. The van der Waals surface area contributed by atoms with E-state index in [1.165, 1.54) is 12.8 Å². The fourth-order valence-corrected chi connectivity index (χ4v) is 2.75. The number of hydrogen-bond acceptors (Lipinski definition) is 2. The van der Waals surface area contributed by atoms with E-state index in [9.17, 15) is 4.79 Å². The van der Waals surface area contributed by atoms with Crippen molar-refractivity contribution in [2.45, 2.75) is 38.6 Å². The second-order valence-electron chi connectivity index (χ2n) is 5.18. The Kier molecular flexibility index (Phi) is 6.32. The third-order valence-electron chi connectivity index (χ3n) is 3.92. The predicted molar refractivity (Wildman–Crippen MR) is 80.7 cm³/mol. The summed E-state index contributed by atoms with van der Waals surface area (Å²) in [6.45, 7) is 2.63. The molecule has 3 N–H and O–H groups in total. The molecule has 0 spiro atoms. The molecule has 1 amide bonds. The van der Waals surface area contributed by atoms with Crippen LogP contribution in [0, 0.1) is 12.8 Å². The number of carbonyl (C=O) groups is 1. The van der Waals surface area contributed by atoms with Crippen LogP contribution in [0.1, 0.15) is 41.6 Å². The molecule has 0 saturated heterocycles. The molecule has 106 valence electrons. The number of nitrogens with one attached hydrogen (secondary N) is 1. The number of halogens is 1. The molecule has 0 radical (unpaired) electrons. The van der Waals surface area contributed by atoms with E-state index in [1.807, 2.05) is 31.2 Å². The van der Waals surface area contributed by atoms with Crippen molar-refractivity contribution >= 4 is 18.3 Å². The normalized spacial score (nSPS) is 22.4. The van der Waals surface area contributed by atoms with Gasteiger partial charge in [-0.25, -0.2) is 0 Å². The van der Waals surface area contributed by atoms with E-state index in [0.717, 1.165) is 24.0 Å². The molecule has 0 bridgehead atoms. The molecular weight excluding hydrogens is 260 g/mol. The predicted octanol–water partition coefficient (Wildman–Crippen LogP) is 2.66. The fourth-order valence-electron chi connectivity index (χ4n) is 2.75. The number of amides is 1. The van der Waals surface area contributed by atoms with E-state index < -0.39 is 0 Å². The number of aryl methyl sites for hydroxylation is 1. The Morgan fingerprint density at radius 2 is 2.00 bits per heavy atom. The lowest BCUT2D eigenvalue weighted by Crippen LogP contribution is -2.44. The quantitative estimate of drug-likeness (QED) is 0.895. The van der Waals surface area contributed by atoms with Crippen molar-refractivity contribution in [1.82, 2.24) is 5.32 Å². The lowest BCUT2D eigenvalue weighted by molar-refractivity contribution is 0.0907. The number of hydrogen-bond donors (Lipinski definition) is 2. The number of nitrogens with two attached hydrogens (primary N) is 1. The van der Waals surface area contributed by atoms with Gasteiger partial charge in [-0.1, -0.05) is 31.0 Å². The molecule has 0 heterocycles. The Balaban J connectivity index is 0.00000180. The van der Waals surface area contributed by atoms with Crippen LogP contribution in [0.5, 0.6) is 0 Å². The maximum absolute atomic E-state index is 12.2. The molecule has 1 fully saturated rings. The molecule has 1 saturated carbocycles. The second kappa shape index (κ2) is 7.51. The Morgan fingerprint density at radius 1 is 1.32 bits per heavy atom. The standard InChI is InChI=1S/C15H22N2O.ClH/c1-11-6-2-4-8-13(11)15(18)17-14-9-5-3-7-12(14)10-16;/h2,4,6,8,12,14H,3,5,7,9-10,16H2,1H3,(H,17,18);1H. The number of benzene rings is 1. The van der Waals surface area contributed by atoms with Crippen LogP contribution in [0.15, 0.2) is 24.3 Å². The summed E-state index contributed by atoms with van der Waals surface area (Å²) in [6, 6.07) is 7.95. The highest BCUT2D eigenvalue weighted by Gasteiger charge is 2.25. The molecular formula is C15H23ClN2O. The molecule has 2 rings (SSSR count). The minimum atomic E-state index is 0. The van der Waals surface area contributed by atoms with Gasteiger partial charge in [-0.15, -0.1) is 12.4 Å². The van der Waals surface area contributed by atoms with Gasteiger partial charge in [0.15, 0.2) is 0 Å². The SMILES string of the molecule is Cc1ccccc1C(=O)NC1CCCCC1CN.Cl. The molecule has 1 aliphatic carbocycles. The van der Waals surface area contributed by atoms with Crippen LogP contribution in [-0.2, 0) is 0 Å². The zero-order valence-corrected chi connectivity index (χ0v) is 12.2. The van der Waals surface area contributed by atoms with Crippen molar-refractivity contribution in [1.29, 1.82) is 0 Å². The Bertz CT molecular complexity index is 422.